The predicted molar refractivity (Wildman–Crippen MR) is 89.2 cm³/mol. The molecule has 0 radical (unpaired) electrons. The number of nitro benzene ring substituents is 1. The SMILES string of the molecule is CC(=O)NN(C(=O)CCc1ccccc1)c1ccc([N+](=O)[O-])cc1. The summed E-state index contributed by atoms with van der Waals surface area (Å²) in [6, 6.07) is 14.9. The Morgan fingerprint density at radius 2 is 1.71 bits per heavy atom. The normalized spacial score (nSPS) is 10.0. The Morgan fingerprint density at radius 1 is 1.08 bits per heavy atom. The molecule has 1 N–H and O–H groups in total. The molecular weight excluding hydrogens is 310 g/mol. The molecule has 2 aromatic carbocycles. The van der Waals surface area contributed by atoms with Crippen molar-refractivity contribution in [3.05, 3.63) is 70.3 Å². The maximum atomic E-state index is 12.4. The van der Waals surface area contributed by atoms with Crippen LogP contribution in [0.5, 0.6) is 0 Å². The number of carbonyl (C=O) groups is 2. The number of hydrazine groups is 1. The number of hydrogen-bond acceptors (Lipinski definition) is 4. The lowest BCUT2D eigenvalue weighted by atomic mass is 10.1. The molecule has 0 aromatic heterocycles. The highest BCUT2D eigenvalue weighted by atomic mass is 16.6. The van der Waals surface area contributed by atoms with E-state index in [4.69, 9.17) is 0 Å². The molecule has 0 bridgehead atoms. The molecule has 0 aliphatic rings. The molecule has 0 saturated heterocycles. The highest BCUT2D eigenvalue weighted by molar-refractivity contribution is 5.96. The number of benzene rings is 2. The number of non-ortho nitro benzene ring substituents is 1. The molecule has 124 valence electrons. The summed E-state index contributed by atoms with van der Waals surface area (Å²) >= 11 is 0. The first-order chi connectivity index (χ1) is 11.5. The highest BCUT2D eigenvalue weighted by Gasteiger charge is 2.18. The third kappa shape index (κ3) is 4.64. The number of nitrogens with zero attached hydrogens (tertiary/aromatic N) is 2. The van der Waals surface area contributed by atoms with Crippen molar-refractivity contribution in [2.45, 2.75) is 19.8 Å². The number of rotatable bonds is 5. The number of anilines is 1. The van der Waals surface area contributed by atoms with E-state index in [0.717, 1.165) is 10.6 Å². The fourth-order valence-electron chi connectivity index (χ4n) is 2.16. The van der Waals surface area contributed by atoms with Gasteiger partial charge >= 0.3 is 0 Å². The lowest BCUT2D eigenvalue weighted by molar-refractivity contribution is -0.384. The van der Waals surface area contributed by atoms with Crippen LogP contribution >= 0.6 is 0 Å². The molecule has 24 heavy (non-hydrogen) atoms. The van der Waals surface area contributed by atoms with E-state index >= 15 is 0 Å². The van der Waals surface area contributed by atoms with Crippen molar-refractivity contribution in [1.29, 1.82) is 0 Å². The Bertz CT molecular complexity index is 729. The Labute approximate surface area is 139 Å². The van der Waals surface area contributed by atoms with Crippen LogP contribution in [0.15, 0.2) is 54.6 Å². The molecule has 7 heteroatoms. The van der Waals surface area contributed by atoms with Gasteiger partial charge in [0.1, 0.15) is 0 Å². The molecule has 0 aliphatic carbocycles. The van der Waals surface area contributed by atoms with E-state index in [9.17, 15) is 19.7 Å². The van der Waals surface area contributed by atoms with Gasteiger partial charge in [-0.3, -0.25) is 25.1 Å². The van der Waals surface area contributed by atoms with Gasteiger partial charge in [0.2, 0.25) is 11.8 Å². The lowest BCUT2D eigenvalue weighted by Gasteiger charge is -2.22. The molecule has 2 rings (SSSR count). The summed E-state index contributed by atoms with van der Waals surface area (Å²) in [6.45, 7) is 1.29. The lowest BCUT2D eigenvalue weighted by Crippen LogP contribution is -2.45. The zero-order valence-corrected chi connectivity index (χ0v) is 13.1. The van der Waals surface area contributed by atoms with Crippen LogP contribution in [0.3, 0.4) is 0 Å². The fraction of sp³-hybridized carbons (Fsp3) is 0.176. The number of hydrogen-bond donors (Lipinski definition) is 1. The first-order valence-electron chi connectivity index (χ1n) is 7.36. The van der Waals surface area contributed by atoms with Crippen LogP contribution in [0.4, 0.5) is 11.4 Å². The zero-order valence-electron chi connectivity index (χ0n) is 13.1. The van der Waals surface area contributed by atoms with Crippen molar-refractivity contribution in [3.63, 3.8) is 0 Å². The van der Waals surface area contributed by atoms with Gasteiger partial charge in [-0.05, 0) is 24.1 Å². The molecule has 0 fully saturated rings. The van der Waals surface area contributed by atoms with Gasteiger partial charge in [-0.2, -0.15) is 0 Å². The molecule has 0 atom stereocenters. The Balaban J connectivity index is 2.13. The third-order valence-electron chi connectivity index (χ3n) is 3.31. The first kappa shape index (κ1) is 17.1. The first-order valence-corrected chi connectivity index (χ1v) is 7.36. The second-order valence-corrected chi connectivity index (χ2v) is 5.16. The van der Waals surface area contributed by atoms with Crippen LogP contribution in [0.1, 0.15) is 18.9 Å². The predicted octanol–water partition coefficient (Wildman–Crippen LogP) is 2.61. The van der Waals surface area contributed by atoms with Gasteiger partial charge < -0.3 is 0 Å². The largest absolute Gasteiger partial charge is 0.274 e. The van der Waals surface area contributed by atoms with Crippen LogP contribution in [0.25, 0.3) is 0 Å². The van der Waals surface area contributed by atoms with Crippen LogP contribution in [0, 0.1) is 10.1 Å². The van der Waals surface area contributed by atoms with Gasteiger partial charge in [0.05, 0.1) is 10.6 Å². The smallest absolute Gasteiger partial charge is 0.269 e. The van der Waals surface area contributed by atoms with Gasteiger partial charge in [-0.15, -0.1) is 0 Å². The van der Waals surface area contributed by atoms with E-state index < -0.39 is 10.8 Å². The molecule has 0 heterocycles. The summed E-state index contributed by atoms with van der Waals surface area (Å²) in [5.41, 5.74) is 3.75. The standard InChI is InChI=1S/C17H17N3O4/c1-13(21)18-19(15-8-10-16(11-9-15)20(23)24)17(22)12-7-14-5-3-2-4-6-14/h2-6,8-11H,7,12H2,1H3,(H,18,21). The quantitative estimate of drug-likeness (QED) is 0.675. The van der Waals surface area contributed by atoms with Crippen LogP contribution in [-0.2, 0) is 16.0 Å². The molecule has 2 aromatic rings. The number of nitrogens with one attached hydrogen (secondary N) is 1. The average Bonchev–Trinajstić information content (AvgIpc) is 2.58. The topological polar surface area (TPSA) is 92.6 Å². The van der Waals surface area contributed by atoms with Crippen molar-refractivity contribution in [2.75, 3.05) is 5.01 Å². The van der Waals surface area contributed by atoms with E-state index in [1.54, 1.807) is 0 Å². The Hall–Kier alpha value is -3.22. The average molecular weight is 327 g/mol. The minimum absolute atomic E-state index is 0.0849. The summed E-state index contributed by atoms with van der Waals surface area (Å²) in [5, 5.41) is 11.8. The van der Waals surface area contributed by atoms with E-state index in [1.165, 1.54) is 31.2 Å². The maximum Gasteiger partial charge on any atom is 0.269 e. The number of aryl methyl sites for hydroxylation is 1. The van der Waals surface area contributed by atoms with Crippen molar-refractivity contribution in [2.24, 2.45) is 0 Å². The summed E-state index contributed by atoms with van der Waals surface area (Å²) < 4.78 is 0. The van der Waals surface area contributed by atoms with E-state index in [1.807, 2.05) is 30.3 Å². The van der Waals surface area contributed by atoms with Gasteiger partial charge in [-0.1, -0.05) is 30.3 Å². The van der Waals surface area contributed by atoms with Crippen molar-refractivity contribution < 1.29 is 14.5 Å². The molecule has 0 spiro atoms. The van der Waals surface area contributed by atoms with E-state index in [2.05, 4.69) is 5.43 Å². The van der Waals surface area contributed by atoms with Crippen molar-refractivity contribution in [1.82, 2.24) is 5.43 Å². The molecule has 0 saturated carbocycles. The second-order valence-electron chi connectivity index (χ2n) is 5.16. The summed E-state index contributed by atoms with van der Waals surface area (Å²) in [6.07, 6.45) is 0.726. The Kier molecular flexibility index (Phi) is 5.62. The van der Waals surface area contributed by atoms with Gasteiger partial charge in [0.15, 0.2) is 0 Å². The minimum Gasteiger partial charge on any atom is -0.274 e. The molecule has 2 amide bonds. The van der Waals surface area contributed by atoms with E-state index in [-0.39, 0.29) is 18.0 Å². The van der Waals surface area contributed by atoms with Crippen LogP contribution < -0.4 is 10.4 Å². The third-order valence-corrected chi connectivity index (χ3v) is 3.31. The molecule has 0 unspecified atom stereocenters. The summed E-state index contributed by atoms with van der Waals surface area (Å²) in [4.78, 5) is 34.0. The van der Waals surface area contributed by atoms with Gasteiger partial charge in [0.25, 0.3) is 5.69 Å². The van der Waals surface area contributed by atoms with Gasteiger partial charge in [0, 0.05) is 25.5 Å². The number of amides is 2. The van der Waals surface area contributed by atoms with Crippen molar-refractivity contribution >= 4 is 23.2 Å². The summed E-state index contributed by atoms with van der Waals surface area (Å²) in [5.74, 6) is -0.704. The Morgan fingerprint density at radius 3 is 2.25 bits per heavy atom. The van der Waals surface area contributed by atoms with Crippen LogP contribution in [0.2, 0.25) is 0 Å². The molecule has 7 nitrogen and oxygen atoms in total. The zero-order chi connectivity index (χ0) is 17.5. The van der Waals surface area contributed by atoms with Crippen LogP contribution in [-0.4, -0.2) is 16.7 Å². The second kappa shape index (κ2) is 7.87. The minimum atomic E-state index is -0.524. The van der Waals surface area contributed by atoms with E-state index in [0.29, 0.717) is 12.1 Å². The maximum absolute atomic E-state index is 12.4. The molecular formula is C17H17N3O4. The summed E-state index contributed by atoms with van der Waals surface area (Å²) in [7, 11) is 0. The molecule has 0 aliphatic heterocycles. The monoisotopic (exact) mass is 327 g/mol. The number of nitro groups is 1. The van der Waals surface area contributed by atoms with Crippen molar-refractivity contribution in [3.8, 4) is 0 Å². The number of carbonyl (C=O) groups excluding carboxylic acids is 2. The fourth-order valence-corrected chi connectivity index (χ4v) is 2.16. The highest BCUT2D eigenvalue weighted by Crippen LogP contribution is 2.19. The van der Waals surface area contributed by atoms with Gasteiger partial charge in [-0.25, -0.2) is 5.01 Å².